The number of nitrogens with two attached hydrogens (primary N) is 1. The van der Waals surface area contributed by atoms with Crippen LogP contribution in [0.5, 0.6) is 0 Å². The van der Waals surface area contributed by atoms with Gasteiger partial charge in [0.05, 0.1) is 23.0 Å². The van der Waals surface area contributed by atoms with Crippen molar-refractivity contribution >= 4 is 50.1 Å². The van der Waals surface area contributed by atoms with Crippen LogP contribution in [-0.4, -0.2) is 32.0 Å². The summed E-state index contributed by atoms with van der Waals surface area (Å²) < 4.78 is 34.2. The first kappa shape index (κ1) is 26.5. The van der Waals surface area contributed by atoms with Crippen molar-refractivity contribution in [3.8, 4) is 0 Å². The molecule has 5 rings (SSSR count). The van der Waals surface area contributed by atoms with Crippen LogP contribution in [0.15, 0.2) is 88.8 Å². The van der Waals surface area contributed by atoms with E-state index in [1.165, 1.54) is 19.2 Å². The number of carbonyl (C=O) groups excluding carboxylic acids is 2. The third kappa shape index (κ3) is 4.68. The first-order valence-electron chi connectivity index (χ1n) is 12.1. The largest absolute Gasteiger partial charge is 0.465 e. The Morgan fingerprint density at radius 1 is 0.949 bits per heavy atom. The molecule has 0 saturated carbocycles. The quantitative estimate of drug-likeness (QED) is 0.372. The predicted octanol–water partition coefficient (Wildman–Crippen LogP) is 3.76. The van der Waals surface area contributed by atoms with Crippen molar-refractivity contribution in [3.63, 3.8) is 0 Å². The molecule has 1 atom stereocenters. The van der Waals surface area contributed by atoms with Crippen LogP contribution in [0, 0.1) is 13.8 Å². The molecule has 0 radical (unpaired) electrons. The minimum atomic E-state index is -4.27. The highest BCUT2D eigenvalue weighted by atomic mass is 32.2. The Morgan fingerprint density at radius 2 is 1.54 bits per heavy atom. The van der Waals surface area contributed by atoms with Crippen LogP contribution in [-0.2, 0) is 19.4 Å². The summed E-state index contributed by atoms with van der Waals surface area (Å²) in [5.41, 5.74) is 9.88. The molecule has 1 aliphatic heterocycles. The SMILES string of the molecule is COC(=O)C1=c2/c(=C/c3ccc(C)cc3)c(N)c(S(=O)(=O)c3ccccc3)n2C(=O)[C@H](c2ccc(C)cc2)S1. The van der Waals surface area contributed by atoms with Crippen LogP contribution < -0.4 is 16.3 Å². The molecule has 3 aromatic carbocycles. The van der Waals surface area contributed by atoms with Crippen molar-refractivity contribution in [3.05, 3.63) is 112 Å². The Labute approximate surface area is 230 Å². The number of esters is 1. The van der Waals surface area contributed by atoms with Gasteiger partial charge in [0.2, 0.25) is 15.7 Å². The van der Waals surface area contributed by atoms with Gasteiger partial charge in [-0.15, -0.1) is 0 Å². The Morgan fingerprint density at radius 3 is 2.13 bits per heavy atom. The van der Waals surface area contributed by atoms with Gasteiger partial charge in [-0.05, 0) is 43.2 Å². The highest BCUT2D eigenvalue weighted by molar-refractivity contribution is 8.10. The summed E-state index contributed by atoms with van der Waals surface area (Å²) >= 11 is 1.03. The van der Waals surface area contributed by atoms with Gasteiger partial charge in [0.15, 0.2) is 5.03 Å². The maximum absolute atomic E-state index is 14.2. The number of hydrogen-bond acceptors (Lipinski definition) is 7. The summed E-state index contributed by atoms with van der Waals surface area (Å²) in [6, 6.07) is 22.6. The van der Waals surface area contributed by atoms with Gasteiger partial charge in [0, 0.05) is 5.22 Å². The molecule has 4 aromatic rings. The van der Waals surface area contributed by atoms with Gasteiger partial charge in [0.1, 0.15) is 10.2 Å². The number of rotatable bonds is 5. The number of methoxy groups -OCH3 is 1. The van der Waals surface area contributed by atoms with E-state index in [4.69, 9.17) is 10.5 Å². The standard InChI is InChI=1S/C30H26N2O5S2/c1-18-9-13-20(14-10-18)17-23-24(31)29(39(35,36)22-7-5-4-6-8-22)32-25(23)27(30(34)37-3)38-26(28(32)33)21-15-11-19(2)12-16-21/h4-17,26H,31H2,1-3H3/b23-17+/t26-/m0/s1. The molecule has 0 spiro atoms. The summed E-state index contributed by atoms with van der Waals surface area (Å²) in [5, 5.41) is -0.897. The maximum atomic E-state index is 14.2. The van der Waals surface area contributed by atoms with Crippen LogP contribution >= 0.6 is 11.8 Å². The van der Waals surface area contributed by atoms with E-state index >= 15 is 0 Å². The van der Waals surface area contributed by atoms with E-state index in [0.717, 1.165) is 33.0 Å². The number of nitrogen functional groups attached to an aromatic ring is 1. The minimum Gasteiger partial charge on any atom is -0.465 e. The Kier molecular flexibility index (Phi) is 6.96. The van der Waals surface area contributed by atoms with Gasteiger partial charge in [-0.1, -0.05) is 89.6 Å². The van der Waals surface area contributed by atoms with Crippen molar-refractivity contribution < 1.29 is 22.7 Å². The third-order valence-electron chi connectivity index (χ3n) is 6.55. The zero-order valence-electron chi connectivity index (χ0n) is 21.5. The fourth-order valence-corrected chi connectivity index (χ4v) is 7.29. The number of hydrogen-bond donors (Lipinski definition) is 1. The van der Waals surface area contributed by atoms with E-state index < -0.39 is 27.0 Å². The van der Waals surface area contributed by atoms with Crippen LogP contribution in [0.1, 0.15) is 32.3 Å². The number of ether oxygens (including phenoxy) is 1. The first-order chi connectivity index (χ1) is 18.6. The fraction of sp³-hybridized carbons (Fsp3) is 0.133. The van der Waals surface area contributed by atoms with E-state index in [0.29, 0.717) is 5.56 Å². The van der Waals surface area contributed by atoms with Gasteiger partial charge < -0.3 is 10.5 Å². The van der Waals surface area contributed by atoms with Gasteiger partial charge in [-0.25, -0.2) is 13.2 Å². The average Bonchev–Trinajstić information content (AvgIpc) is 3.23. The molecule has 7 nitrogen and oxygen atoms in total. The van der Waals surface area contributed by atoms with E-state index in [9.17, 15) is 18.0 Å². The van der Waals surface area contributed by atoms with Crippen molar-refractivity contribution in [1.29, 1.82) is 0 Å². The van der Waals surface area contributed by atoms with Gasteiger partial charge in [-0.2, -0.15) is 0 Å². The number of thioether (sulfide) groups is 1. The van der Waals surface area contributed by atoms with Gasteiger partial charge >= 0.3 is 5.97 Å². The summed E-state index contributed by atoms with van der Waals surface area (Å²) in [5.74, 6) is -1.21. The second kappa shape index (κ2) is 10.2. The lowest BCUT2D eigenvalue weighted by molar-refractivity contribution is -0.133. The molecule has 9 heteroatoms. The summed E-state index contributed by atoms with van der Waals surface area (Å²) in [4.78, 5) is 27.4. The molecule has 1 aliphatic rings. The molecular weight excluding hydrogens is 532 g/mol. The molecule has 0 unspecified atom stereocenters. The second-order valence-electron chi connectivity index (χ2n) is 9.26. The van der Waals surface area contributed by atoms with Crippen LogP contribution in [0.2, 0.25) is 0 Å². The minimum absolute atomic E-state index is 0.0172. The molecule has 0 bridgehead atoms. The van der Waals surface area contributed by atoms with E-state index in [-0.39, 0.29) is 31.1 Å². The summed E-state index contributed by atoms with van der Waals surface area (Å²) in [6.07, 6.45) is 1.69. The van der Waals surface area contributed by atoms with Crippen molar-refractivity contribution in [2.45, 2.75) is 29.0 Å². The molecular formula is C30H26N2O5S2. The number of sulfone groups is 1. The maximum Gasteiger partial charge on any atom is 0.346 e. The van der Waals surface area contributed by atoms with Crippen LogP contribution in [0.25, 0.3) is 11.0 Å². The summed E-state index contributed by atoms with van der Waals surface area (Å²) in [6.45, 7) is 3.88. The second-order valence-corrected chi connectivity index (χ2v) is 12.2. The van der Waals surface area contributed by atoms with Gasteiger partial charge in [-0.3, -0.25) is 9.36 Å². The van der Waals surface area contributed by atoms with Crippen LogP contribution in [0.3, 0.4) is 0 Å². The molecule has 198 valence electrons. The lowest BCUT2D eigenvalue weighted by Gasteiger charge is -2.23. The Hall–Kier alpha value is -4.08. The number of carbonyl (C=O) groups is 2. The number of aromatic nitrogens is 1. The first-order valence-corrected chi connectivity index (χ1v) is 14.5. The monoisotopic (exact) mass is 558 g/mol. The lowest BCUT2D eigenvalue weighted by Crippen LogP contribution is -2.42. The molecule has 1 aromatic heterocycles. The lowest BCUT2D eigenvalue weighted by atomic mass is 10.1. The van der Waals surface area contributed by atoms with Crippen molar-refractivity contribution in [1.82, 2.24) is 4.57 Å². The number of fused-ring (bicyclic) bond motifs is 1. The van der Waals surface area contributed by atoms with Gasteiger partial charge in [0.25, 0.3) is 0 Å². The molecule has 0 saturated heterocycles. The highest BCUT2D eigenvalue weighted by Crippen LogP contribution is 2.40. The molecule has 0 aliphatic carbocycles. The number of aryl methyl sites for hydroxylation is 2. The van der Waals surface area contributed by atoms with E-state index in [1.54, 1.807) is 36.4 Å². The van der Waals surface area contributed by atoms with Crippen molar-refractivity contribution in [2.24, 2.45) is 0 Å². The van der Waals surface area contributed by atoms with Crippen LogP contribution in [0.4, 0.5) is 5.69 Å². The van der Waals surface area contributed by atoms with E-state index in [2.05, 4.69) is 0 Å². The average molecular weight is 559 g/mol. The Balaban J connectivity index is 1.92. The number of nitrogens with zero attached hydrogens (tertiary/aromatic N) is 1. The topological polar surface area (TPSA) is 108 Å². The molecule has 0 amide bonds. The Bertz CT molecular complexity index is 1820. The predicted molar refractivity (Wildman–Crippen MR) is 152 cm³/mol. The van der Waals surface area contributed by atoms with E-state index in [1.807, 2.05) is 50.2 Å². The fourth-order valence-electron chi connectivity index (χ4n) is 4.50. The highest BCUT2D eigenvalue weighted by Gasteiger charge is 2.39. The zero-order valence-corrected chi connectivity index (χ0v) is 23.2. The number of benzene rings is 3. The summed E-state index contributed by atoms with van der Waals surface area (Å²) in [7, 11) is -3.02. The molecule has 2 heterocycles. The third-order valence-corrected chi connectivity index (χ3v) is 9.65. The molecule has 0 fully saturated rings. The number of anilines is 1. The molecule has 2 N–H and O–H groups in total. The normalized spacial score (nSPS) is 15.8. The molecule has 39 heavy (non-hydrogen) atoms. The van der Waals surface area contributed by atoms with Crippen molar-refractivity contribution in [2.75, 3.05) is 12.8 Å². The zero-order chi connectivity index (χ0) is 27.9. The smallest absolute Gasteiger partial charge is 0.346 e.